The molecule has 1 aliphatic heterocycles. The van der Waals surface area contributed by atoms with Crippen LogP contribution in [0.3, 0.4) is 0 Å². The molecule has 0 N–H and O–H groups in total. The summed E-state index contributed by atoms with van der Waals surface area (Å²) < 4.78 is 23.1. The number of rotatable bonds is 3. The normalized spacial score (nSPS) is 17.2. The van der Waals surface area contributed by atoms with Crippen LogP contribution in [0.5, 0.6) is 0 Å². The largest absolute Gasteiger partial charge is 0.469 e. The molecule has 0 saturated carbocycles. The van der Waals surface area contributed by atoms with Crippen LogP contribution in [0.4, 0.5) is 4.39 Å². The Morgan fingerprint density at radius 1 is 1.26 bits per heavy atom. The summed E-state index contributed by atoms with van der Waals surface area (Å²) in [4.78, 5) is 16.7. The number of aldehydes is 1. The molecule has 7 heteroatoms. The summed E-state index contributed by atoms with van der Waals surface area (Å²) in [5.74, 6) is 1.94. The summed E-state index contributed by atoms with van der Waals surface area (Å²) in [5, 5.41) is 3.99. The van der Waals surface area contributed by atoms with Crippen molar-refractivity contribution >= 4 is 6.29 Å². The average Bonchev–Trinajstić information content (AvgIpc) is 3.32. The zero-order valence-corrected chi connectivity index (χ0v) is 15.4. The van der Waals surface area contributed by atoms with Gasteiger partial charge in [0.05, 0.1) is 17.7 Å². The highest BCUT2D eigenvalue weighted by Gasteiger charge is 2.24. The number of nitrogens with zero attached hydrogens (tertiary/aromatic N) is 3. The number of likely N-dealkylation sites (N-methyl/N-ethyl adjacent to an activating group) is 1. The third-order valence-corrected chi connectivity index (χ3v) is 4.54. The molecular weight excluding hydrogens is 349 g/mol. The van der Waals surface area contributed by atoms with Crippen molar-refractivity contribution < 1.29 is 18.1 Å². The van der Waals surface area contributed by atoms with Gasteiger partial charge in [-0.05, 0) is 63.7 Å². The van der Waals surface area contributed by atoms with Crippen molar-refractivity contribution in [2.45, 2.75) is 25.7 Å². The van der Waals surface area contributed by atoms with Crippen LogP contribution in [0.25, 0.3) is 11.4 Å². The fourth-order valence-electron chi connectivity index (χ4n) is 3.00. The van der Waals surface area contributed by atoms with Gasteiger partial charge in [0, 0.05) is 12.1 Å². The molecule has 0 unspecified atom stereocenters. The molecule has 3 aromatic rings. The molecule has 0 radical (unpaired) electrons. The van der Waals surface area contributed by atoms with Gasteiger partial charge in [0.1, 0.15) is 11.6 Å². The highest BCUT2D eigenvalue weighted by Crippen LogP contribution is 2.26. The van der Waals surface area contributed by atoms with Gasteiger partial charge in [-0.2, -0.15) is 4.98 Å². The van der Waals surface area contributed by atoms with Crippen molar-refractivity contribution in [2.24, 2.45) is 0 Å². The van der Waals surface area contributed by atoms with Gasteiger partial charge in [-0.3, -0.25) is 4.79 Å². The zero-order chi connectivity index (χ0) is 19.2. The Hall–Kier alpha value is -2.80. The first-order chi connectivity index (χ1) is 13.1. The molecule has 0 amide bonds. The number of carbonyl (C=O) groups is 1. The van der Waals surface area contributed by atoms with E-state index in [0.717, 1.165) is 37.8 Å². The van der Waals surface area contributed by atoms with Gasteiger partial charge < -0.3 is 13.8 Å². The standard InChI is InChI=1S/C14H16FN3O.C6H6O2/c1-18-8-2-3-11(9-18)14-16-13(17-19-14)10-4-6-12(15)7-5-10;1-5-6(4-7)2-3-8-5/h4-7,11H,2-3,8-9H2,1H3;2-4H,1H3/t11-;/m0./s1. The summed E-state index contributed by atoms with van der Waals surface area (Å²) in [5.41, 5.74) is 1.41. The van der Waals surface area contributed by atoms with E-state index in [4.69, 9.17) is 8.94 Å². The highest BCUT2D eigenvalue weighted by atomic mass is 19.1. The first kappa shape index (κ1) is 19.0. The van der Waals surface area contributed by atoms with E-state index in [1.165, 1.54) is 18.4 Å². The lowest BCUT2D eigenvalue weighted by Gasteiger charge is -2.27. The van der Waals surface area contributed by atoms with Crippen LogP contribution >= 0.6 is 0 Å². The minimum atomic E-state index is -0.263. The van der Waals surface area contributed by atoms with Crippen LogP contribution < -0.4 is 0 Å². The predicted molar refractivity (Wildman–Crippen MR) is 98.0 cm³/mol. The number of hydrogen-bond acceptors (Lipinski definition) is 6. The molecule has 0 aliphatic carbocycles. The van der Waals surface area contributed by atoms with Crippen LogP contribution in [0.15, 0.2) is 45.5 Å². The van der Waals surface area contributed by atoms with Crippen LogP contribution in [0, 0.1) is 12.7 Å². The van der Waals surface area contributed by atoms with E-state index in [9.17, 15) is 9.18 Å². The third kappa shape index (κ3) is 4.89. The number of hydrogen-bond donors (Lipinski definition) is 0. The summed E-state index contributed by atoms with van der Waals surface area (Å²) in [6, 6.07) is 7.77. The van der Waals surface area contributed by atoms with E-state index in [1.54, 1.807) is 25.1 Å². The van der Waals surface area contributed by atoms with Gasteiger partial charge in [0.2, 0.25) is 11.7 Å². The van der Waals surface area contributed by atoms with Gasteiger partial charge >= 0.3 is 0 Å². The number of likely N-dealkylation sites (tertiary alicyclic amines) is 1. The second-order valence-corrected chi connectivity index (χ2v) is 6.61. The molecule has 1 saturated heterocycles. The Labute approximate surface area is 157 Å². The maximum absolute atomic E-state index is 12.9. The molecule has 1 aliphatic rings. The molecular formula is C20H22FN3O3. The van der Waals surface area contributed by atoms with Crippen molar-refractivity contribution in [3.05, 3.63) is 59.6 Å². The van der Waals surface area contributed by atoms with Gasteiger partial charge in [-0.25, -0.2) is 4.39 Å². The Morgan fingerprint density at radius 2 is 2.04 bits per heavy atom. The number of aryl methyl sites for hydroxylation is 1. The quantitative estimate of drug-likeness (QED) is 0.646. The molecule has 2 aromatic heterocycles. The lowest BCUT2D eigenvalue weighted by atomic mass is 9.98. The van der Waals surface area contributed by atoms with Gasteiger partial charge in [0.25, 0.3) is 0 Å². The minimum absolute atomic E-state index is 0.263. The molecule has 1 atom stereocenters. The lowest BCUT2D eigenvalue weighted by molar-refractivity contribution is 0.112. The van der Waals surface area contributed by atoms with E-state index in [0.29, 0.717) is 29.0 Å². The smallest absolute Gasteiger partial charge is 0.231 e. The van der Waals surface area contributed by atoms with Crippen LogP contribution in [0.1, 0.15) is 40.8 Å². The second-order valence-electron chi connectivity index (χ2n) is 6.61. The molecule has 1 aromatic carbocycles. The van der Waals surface area contributed by atoms with Crippen LogP contribution in [0.2, 0.25) is 0 Å². The van der Waals surface area contributed by atoms with Crippen LogP contribution in [-0.4, -0.2) is 41.5 Å². The zero-order valence-electron chi connectivity index (χ0n) is 15.4. The summed E-state index contributed by atoms with van der Waals surface area (Å²) in [6.07, 6.45) is 4.50. The molecule has 4 rings (SSSR count). The van der Waals surface area contributed by atoms with E-state index in [2.05, 4.69) is 22.1 Å². The minimum Gasteiger partial charge on any atom is -0.469 e. The van der Waals surface area contributed by atoms with Crippen molar-refractivity contribution in [3.63, 3.8) is 0 Å². The highest BCUT2D eigenvalue weighted by molar-refractivity contribution is 5.75. The summed E-state index contributed by atoms with van der Waals surface area (Å²) in [6.45, 7) is 3.82. The number of benzene rings is 1. The van der Waals surface area contributed by atoms with Gasteiger partial charge in [-0.15, -0.1) is 0 Å². The number of halogens is 1. The summed E-state index contributed by atoms with van der Waals surface area (Å²) in [7, 11) is 2.10. The van der Waals surface area contributed by atoms with Crippen molar-refractivity contribution in [2.75, 3.05) is 20.1 Å². The molecule has 0 spiro atoms. The van der Waals surface area contributed by atoms with Crippen molar-refractivity contribution in [1.29, 1.82) is 0 Å². The second kappa shape index (κ2) is 8.73. The number of aromatic nitrogens is 2. The fourth-order valence-corrected chi connectivity index (χ4v) is 3.00. The van der Waals surface area contributed by atoms with Crippen molar-refractivity contribution in [3.8, 4) is 11.4 Å². The lowest BCUT2D eigenvalue weighted by Crippen LogP contribution is -2.30. The van der Waals surface area contributed by atoms with Gasteiger partial charge in [-0.1, -0.05) is 5.16 Å². The van der Waals surface area contributed by atoms with Crippen LogP contribution in [-0.2, 0) is 0 Å². The molecule has 1 fully saturated rings. The number of furan rings is 1. The van der Waals surface area contributed by atoms with Gasteiger partial charge in [0.15, 0.2) is 6.29 Å². The van der Waals surface area contributed by atoms with E-state index in [1.807, 2.05) is 0 Å². The topological polar surface area (TPSA) is 72.4 Å². The molecule has 142 valence electrons. The first-order valence-electron chi connectivity index (χ1n) is 8.84. The fraction of sp³-hybridized carbons (Fsp3) is 0.350. The van der Waals surface area contributed by atoms with E-state index < -0.39 is 0 Å². The maximum atomic E-state index is 12.9. The monoisotopic (exact) mass is 371 g/mol. The average molecular weight is 371 g/mol. The molecule has 6 nitrogen and oxygen atoms in total. The Bertz CT molecular complexity index is 873. The number of carbonyl (C=O) groups excluding carboxylic acids is 1. The maximum Gasteiger partial charge on any atom is 0.231 e. The Morgan fingerprint density at radius 3 is 2.63 bits per heavy atom. The molecule has 27 heavy (non-hydrogen) atoms. The van der Waals surface area contributed by atoms with E-state index >= 15 is 0 Å². The molecule has 0 bridgehead atoms. The first-order valence-corrected chi connectivity index (χ1v) is 8.84. The Kier molecular flexibility index (Phi) is 6.13. The predicted octanol–water partition coefficient (Wildman–Crippen LogP) is 4.09. The molecule has 3 heterocycles. The van der Waals surface area contributed by atoms with Crippen molar-refractivity contribution in [1.82, 2.24) is 15.0 Å². The Balaban J connectivity index is 0.000000221. The SMILES string of the molecule is CN1CCC[C@H](c2nc(-c3ccc(F)cc3)no2)C1.Cc1occc1C=O. The van der Waals surface area contributed by atoms with E-state index in [-0.39, 0.29) is 5.82 Å². The summed E-state index contributed by atoms with van der Waals surface area (Å²) >= 11 is 0. The third-order valence-electron chi connectivity index (χ3n) is 4.54. The number of piperidine rings is 1.